The van der Waals surface area contributed by atoms with Crippen molar-refractivity contribution in [2.75, 3.05) is 5.01 Å². The molecule has 9 heteroatoms. The zero-order valence-corrected chi connectivity index (χ0v) is 24.8. The van der Waals surface area contributed by atoms with Gasteiger partial charge < -0.3 is 5.32 Å². The highest BCUT2D eigenvalue weighted by Crippen LogP contribution is 2.40. The normalized spacial score (nSPS) is 16.2. The lowest BCUT2D eigenvalue weighted by molar-refractivity contribution is -0.116. The van der Waals surface area contributed by atoms with Crippen LogP contribution in [-0.4, -0.2) is 23.0 Å². The second-order valence-electron chi connectivity index (χ2n) is 10.4. The van der Waals surface area contributed by atoms with E-state index in [0.29, 0.717) is 5.02 Å². The molecule has 0 aromatic heterocycles. The van der Waals surface area contributed by atoms with E-state index in [1.807, 2.05) is 12.1 Å². The van der Waals surface area contributed by atoms with Crippen LogP contribution in [0.4, 0.5) is 5.69 Å². The van der Waals surface area contributed by atoms with Crippen LogP contribution in [-0.2, 0) is 20.4 Å². The van der Waals surface area contributed by atoms with Crippen LogP contribution in [0.3, 0.4) is 0 Å². The van der Waals surface area contributed by atoms with Gasteiger partial charge in [-0.05, 0) is 52.5 Å². The molecule has 3 rings (SSSR count). The number of hydrazone groups is 1. The van der Waals surface area contributed by atoms with Gasteiger partial charge in [-0.15, -0.1) is 16.7 Å². The van der Waals surface area contributed by atoms with Crippen molar-refractivity contribution < 1.29 is 9.59 Å². The van der Waals surface area contributed by atoms with E-state index in [0.717, 1.165) is 29.0 Å². The van der Waals surface area contributed by atoms with Gasteiger partial charge >= 0.3 is 0 Å². The number of carbonyl (C=O) groups excluding carboxylic acids is 2. The van der Waals surface area contributed by atoms with Crippen molar-refractivity contribution in [3.63, 3.8) is 0 Å². The Morgan fingerprint density at radius 1 is 1.03 bits per heavy atom. The Morgan fingerprint density at radius 3 is 2.14 bits per heavy atom. The molecule has 2 amide bonds. The molecular weight excluding hydrogens is 552 g/mol. The molecule has 0 saturated heterocycles. The van der Waals surface area contributed by atoms with Crippen molar-refractivity contribution >= 4 is 75.3 Å². The lowest BCUT2D eigenvalue weighted by Gasteiger charge is -2.31. The average molecular weight is 583 g/mol. The molecular formula is C28H31Cl4N3O2. The van der Waals surface area contributed by atoms with Crippen LogP contribution in [0, 0.1) is 0 Å². The van der Waals surface area contributed by atoms with Gasteiger partial charge in [0.05, 0.1) is 10.0 Å². The minimum Gasteiger partial charge on any atom is -0.307 e. The summed E-state index contributed by atoms with van der Waals surface area (Å²) in [5.41, 5.74) is 3.12. The summed E-state index contributed by atoms with van der Waals surface area (Å²) in [6.45, 7) is 17.0. The van der Waals surface area contributed by atoms with Crippen LogP contribution in [0.5, 0.6) is 0 Å². The molecule has 1 atom stereocenters. The number of anilines is 1. The van der Waals surface area contributed by atoms with Crippen LogP contribution in [0.1, 0.15) is 71.1 Å². The van der Waals surface area contributed by atoms with Crippen LogP contribution in [0.15, 0.2) is 42.0 Å². The number of alkyl halides is 1. The summed E-state index contributed by atoms with van der Waals surface area (Å²) in [7, 11) is 0. The molecule has 1 unspecified atom stereocenters. The first-order chi connectivity index (χ1) is 17.1. The summed E-state index contributed by atoms with van der Waals surface area (Å²) < 4.78 is 0. The standard InChI is InChI=1S/C28H31Cl4N3O2/c1-8-27(4,5)16-10-11-18(19(12-16)28(6,7)9-2)15(3)25(36)33-24-22(32)26(37)35(34-24)23-20(30)13-17(29)14-21(23)31/h10-14,22H,3,8-9H2,1-2,4-7H3,(H,33,34,36). The van der Waals surface area contributed by atoms with Crippen molar-refractivity contribution in [3.05, 3.63) is 68.7 Å². The van der Waals surface area contributed by atoms with Gasteiger partial charge in [-0.1, -0.05) is 101 Å². The van der Waals surface area contributed by atoms with E-state index in [1.54, 1.807) is 0 Å². The molecule has 0 bridgehead atoms. The molecule has 198 valence electrons. The Hall–Kier alpha value is -2.05. The van der Waals surface area contributed by atoms with E-state index in [9.17, 15) is 9.59 Å². The third-order valence-corrected chi connectivity index (χ3v) is 8.39. The van der Waals surface area contributed by atoms with Crippen molar-refractivity contribution in [2.45, 2.75) is 70.6 Å². The molecule has 1 N–H and O–H groups in total. The molecule has 1 aliphatic heterocycles. The maximum absolute atomic E-state index is 13.3. The van der Waals surface area contributed by atoms with Gasteiger partial charge in [-0.25, -0.2) is 0 Å². The molecule has 0 saturated carbocycles. The number of halogens is 4. The SMILES string of the molecule is C=C(C(=O)NC1=NN(c2c(Cl)cc(Cl)cc2Cl)C(=O)C1Cl)c1ccc(C(C)(C)CC)cc1C(C)(C)CC. The van der Waals surface area contributed by atoms with Gasteiger partial charge in [0, 0.05) is 10.6 Å². The monoisotopic (exact) mass is 581 g/mol. The summed E-state index contributed by atoms with van der Waals surface area (Å²) in [5, 5.41) is 7.17. The van der Waals surface area contributed by atoms with Crippen LogP contribution >= 0.6 is 46.4 Å². The fourth-order valence-electron chi connectivity index (χ4n) is 3.91. The number of nitrogens with zero attached hydrogens (tertiary/aromatic N) is 2. The van der Waals surface area contributed by atoms with Gasteiger partial charge in [-0.3, -0.25) is 9.59 Å². The average Bonchev–Trinajstić information content (AvgIpc) is 3.10. The van der Waals surface area contributed by atoms with Gasteiger partial charge in [-0.2, -0.15) is 5.01 Å². The minimum atomic E-state index is -1.24. The largest absolute Gasteiger partial charge is 0.307 e. The van der Waals surface area contributed by atoms with E-state index < -0.39 is 17.2 Å². The van der Waals surface area contributed by atoms with Gasteiger partial charge in [0.2, 0.25) is 0 Å². The Labute approximate surface area is 238 Å². The Morgan fingerprint density at radius 2 is 1.59 bits per heavy atom. The molecule has 0 spiro atoms. The lowest BCUT2D eigenvalue weighted by atomic mass is 9.74. The molecule has 0 radical (unpaired) electrons. The van der Waals surface area contributed by atoms with Gasteiger partial charge in [0.15, 0.2) is 11.2 Å². The van der Waals surface area contributed by atoms with E-state index in [-0.39, 0.29) is 38.0 Å². The predicted molar refractivity (Wildman–Crippen MR) is 156 cm³/mol. The highest BCUT2D eigenvalue weighted by molar-refractivity contribution is 6.49. The smallest absolute Gasteiger partial charge is 0.273 e. The number of amides is 2. The summed E-state index contributed by atoms with van der Waals surface area (Å²) >= 11 is 24.8. The second-order valence-corrected chi connectivity index (χ2v) is 12.1. The zero-order chi connectivity index (χ0) is 27.9. The van der Waals surface area contributed by atoms with E-state index in [1.165, 1.54) is 17.7 Å². The number of hydrogen-bond donors (Lipinski definition) is 1. The van der Waals surface area contributed by atoms with Crippen molar-refractivity contribution in [1.82, 2.24) is 5.32 Å². The van der Waals surface area contributed by atoms with Gasteiger partial charge in [0.25, 0.3) is 11.8 Å². The van der Waals surface area contributed by atoms with Crippen LogP contribution < -0.4 is 10.3 Å². The third kappa shape index (κ3) is 5.85. The number of amidine groups is 1. The van der Waals surface area contributed by atoms with Crippen molar-refractivity contribution in [2.24, 2.45) is 5.10 Å². The molecule has 0 fully saturated rings. The van der Waals surface area contributed by atoms with Gasteiger partial charge in [0.1, 0.15) is 5.69 Å². The molecule has 2 aromatic carbocycles. The number of rotatable bonds is 7. The number of benzene rings is 2. The van der Waals surface area contributed by atoms with E-state index in [4.69, 9.17) is 46.4 Å². The Balaban J connectivity index is 1.96. The first-order valence-electron chi connectivity index (χ1n) is 12.0. The second kappa shape index (κ2) is 11.0. The topological polar surface area (TPSA) is 61.8 Å². The zero-order valence-electron chi connectivity index (χ0n) is 21.8. The van der Waals surface area contributed by atoms with Crippen molar-refractivity contribution in [1.29, 1.82) is 0 Å². The number of nitrogens with one attached hydrogen (secondary N) is 1. The Kier molecular flexibility index (Phi) is 8.75. The van der Waals surface area contributed by atoms with Crippen molar-refractivity contribution in [3.8, 4) is 0 Å². The third-order valence-electron chi connectivity index (χ3n) is 7.21. The fourth-order valence-corrected chi connectivity index (χ4v) is 5.08. The molecule has 37 heavy (non-hydrogen) atoms. The molecule has 5 nitrogen and oxygen atoms in total. The van der Waals surface area contributed by atoms with E-state index >= 15 is 0 Å². The van der Waals surface area contributed by atoms with Crippen LogP contribution in [0.25, 0.3) is 5.57 Å². The first-order valence-corrected chi connectivity index (χ1v) is 13.6. The fraction of sp³-hybridized carbons (Fsp3) is 0.393. The molecule has 1 aliphatic rings. The minimum absolute atomic E-state index is 0.0147. The summed E-state index contributed by atoms with van der Waals surface area (Å²) in [5.74, 6) is -1.16. The summed E-state index contributed by atoms with van der Waals surface area (Å²) in [6, 6.07) is 9.04. The number of hydrogen-bond acceptors (Lipinski definition) is 3. The maximum Gasteiger partial charge on any atom is 0.273 e. The quantitative estimate of drug-likeness (QED) is 0.264. The molecule has 1 heterocycles. The highest BCUT2D eigenvalue weighted by Gasteiger charge is 2.39. The number of carbonyl (C=O) groups is 2. The first kappa shape index (κ1) is 29.5. The maximum atomic E-state index is 13.3. The summed E-state index contributed by atoms with van der Waals surface area (Å²) in [6.07, 6.45) is 1.84. The molecule has 2 aromatic rings. The summed E-state index contributed by atoms with van der Waals surface area (Å²) in [4.78, 5) is 26.2. The molecule has 0 aliphatic carbocycles. The lowest BCUT2D eigenvalue weighted by Crippen LogP contribution is -2.38. The highest BCUT2D eigenvalue weighted by atomic mass is 35.5. The predicted octanol–water partition coefficient (Wildman–Crippen LogP) is 8.12. The van der Waals surface area contributed by atoms with Crippen LogP contribution in [0.2, 0.25) is 15.1 Å². The Bertz CT molecular complexity index is 1280. The van der Waals surface area contributed by atoms with E-state index in [2.05, 4.69) is 64.6 Å².